The van der Waals surface area contributed by atoms with Crippen molar-refractivity contribution in [2.75, 3.05) is 13.6 Å². The molecule has 5 heteroatoms. The van der Waals surface area contributed by atoms with E-state index in [1.807, 2.05) is 35.7 Å². The number of aromatic nitrogens is 2. The Morgan fingerprint density at radius 1 is 1.29 bits per heavy atom. The maximum Gasteiger partial charge on any atom is 0.231 e. The van der Waals surface area contributed by atoms with Crippen LogP contribution in [-0.4, -0.2) is 34.2 Å². The number of hydrogen-bond donors (Lipinski definition) is 1. The smallest absolute Gasteiger partial charge is 0.231 e. The predicted octanol–water partition coefficient (Wildman–Crippen LogP) is 1.71. The largest absolute Gasteiger partial charge is 0.369 e. The number of aryl methyl sites for hydroxylation is 2. The van der Waals surface area contributed by atoms with Crippen molar-refractivity contribution in [2.45, 2.75) is 27.3 Å². The summed E-state index contributed by atoms with van der Waals surface area (Å²) >= 11 is 0. The Morgan fingerprint density at radius 3 is 2.57 bits per heavy atom. The van der Waals surface area contributed by atoms with E-state index >= 15 is 0 Å². The van der Waals surface area contributed by atoms with Crippen LogP contribution in [0.1, 0.15) is 22.5 Å². The molecular weight excluding hydrogens is 264 g/mol. The van der Waals surface area contributed by atoms with E-state index in [0.717, 1.165) is 22.6 Å². The van der Waals surface area contributed by atoms with E-state index in [1.165, 1.54) is 5.56 Å². The van der Waals surface area contributed by atoms with Crippen molar-refractivity contribution in [1.29, 1.82) is 0 Å². The van der Waals surface area contributed by atoms with Gasteiger partial charge in [-0.3, -0.25) is 9.69 Å². The van der Waals surface area contributed by atoms with Gasteiger partial charge in [-0.1, -0.05) is 18.2 Å². The number of nitrogens with zero attached hydrogens (tertiary/aromatic N) is 3. The van der Waals surface area contributed by atoms with Gasteiger partial charge in [0.15, 0.2) is 0 Å². The molecule has 1 heterocycles. The number of para-hydroxylation sites is 1. The van der Waals surface area contributed by atoms with Crippen LogP contribution in [0.2, 0.25) is 0 Å². The van der Waals surface area contributed by atoms with Crippen LogP contribution >= 0.6 is 0 Å². The van der Waals surface area contributed by atoms with Crippen molar-refractivity contribution in [3.63, 3.8) is 0 Å². The minimum absolute atomic E-state index is 0.244. The van der Waals surface area contributed by atoms with Crippen LogP contribution in [0.3, 0.4) is 0 Å². The van der Waals surface area contributed by atoms with E-state index in [0.29, 0.717) is 6.54 Å². The highest BCUT2D eigenvalue weighted by Crippen LogP contribution is 2.21. The SMILES string of the molecule is Cc1ccccc1-n1nc(C)c(CN(C)CC(N)=O)c1C. The van der Waals surface area contributed by atoms with Crippen molar-refractivity contribution in [2.24, 2.45) is 5.73 Å². The highest BCUT2D eigenvalue weighted by atomic mass is 16.1. The molecule has 1 amide bonds. The van der Waals surface area contributed by atoms with Crippen LogP contribution in [0.5, 0.6) is 0 Å². The Morgan fingerprint density at radius 2 is 1.95 bits per heavy atom. The number of likely N-dealkylation sites (N-methyl/N-ethyl adjacent to an activating group) is 1. The molecule has 0 atom stereocenters. The number of benzene rings is 1. The predicted molar refractivity (Wildman–Crippen MR) is 83.3 cm³/mol. The molecule has 112 valence electrons. The van der Waals surface area contributed by atoms with Gasteiger partial charge in [-0.25, -0.2) is 4.68 Å². The molecule has 2 rings (SSSR count). The molecule has 0 fully saturated rings. The summed E-state index contributed by atoms with van der Waals surface area (Å²) in [5.41, 5.74) is 10.7. The molecule has 0 aliphatic carbocycles. The second-order valence-electron chi connectivity index (χ2n) is 5.49. The summed E-state index contributed by atoms with van der Waals surface area (Å²) in [5.74, 6) is -0.320. The fourth-order valence-corrected chi connectivity index (χ4v) is 2.53. The van der Waals surface area contributed by atoms with E-state index in [1.54, 1.807) is 0 Å². The average molecular weight is 286 g/mol. The fourth-order valence-electron chi connectivity index (χ4n) is 2.53. The number of carbonyl (C=O) groups is 1. The number of hydrogen-bond acceptors (Lipinski definition) is 3. The molecule has 0 spiro atoms. The lowest BCUT2D eigenvalue weighted by Gasteiger charge is -2.15. The molecule has 0 saturated heterocycles. The van der Waals surface area contributed by atoms with Crippen molar-refractivity contribution in [3.8, 4) is 5.69 Å². The average Bonchev–Trinajstić information content (AvgIpc) is 2.66. The molecule has 0 unspecified atom stereocenters. The lowest BCUT2D eigenvalue weighted by Crippen LogP contribution is -2.30. The Balaban J connectivity index is 2.34. The molecule has 0 saturated carbocycles. The second kappa shape index (κ2) is 6.10. The lowest BCUT2D eigenvalue weighted by atomic mass is 10.1. The minimum atomic E-state index is -0.320. The third kappa shape index (κ3) is 3.31. The zero-order valence-electron chi connectivity index (χ0n) is 13.1. The third-order valence-electron chi connectivity index (χ3n) is 3.64. The van der Waals surface area contributed by atoms with Gasteiger partial charge in [-0.2, -0.15) is 5.10 Å². The summed E-state index contributed by atoms with van der Waals surface area (Å²) in [6.07, 6.45) is 0. The topological polar surface area (TPSA) is 64.2 Å². The Labute approximate surface area is 125 Å². The number of amides is 1. The fraction of sp³-hybridized carbons (Fsp3) is 0.375. The molecule has 1 aromatic carbocycles. The monoisotopic (exact) mass is 286 g/mol. The summed E-state index contributed by atoms with van der Waals surface area (Å²) in [6.45, 7) is 7.03. The molecule has 0 bridgehead atoms. The number of rotatable bonds is 5. The third-order valence-corrected chi connectivity index (χ3v) is 3.64. The maximum absolute atomic E-state index is 11.0. The quantitative estimate of drug-likeness (QED) is 0.910. The first-order valence-electron chi connectivity index (χ1n) is 6.98. The molecule has 1 aromatic heterocycles. The van der Waals surface area contributed by atoms with Gasteiger partial charge >= 0.3 is 0 Å². The van der Waals surface area contributed by atoms with Gasteiger partial charge < -0.3 is 5.73 Å². The van der Waals surface area contributed by atoms with Crippen LogP contribution in [0.25, 0.3) is 5.69 Å². The summed E-state index contributed by atoms with van der Waals surface area (Å²) in [6, 6.07) is 8.17. The number of carbonyl (C=O) groups excluding carboxylic acids is 1. The summed E-state index contributed by atoms with van der Waals surface area (Å²) in [5, 5.41) is 4.65. The van der Waals surface area contributed by atoms with Gasteiger partial charge in [0.05, 0.1) is 17.9 Å². The van der Waals surface area contributed by atoms with Gasteiger partial charge in [0, 0.05) is 17.8 Å². The first-order chi connectivity index (χ1) is 9.90. The highest BCUT2D eigenvalue weighted by molar-refractivity contribution is 5.75. The van der Waals surface area contributed by atoms with Crippen molar-refractivity contribution in [3.05, 3.63) is 46.8 Å². The molecule has 2 aromatic rings. The first kappa shape index (κ1) is 15.3. The van der Waals surface area contributed by atoms with Crippen molar-refractivity contribution in [1.82, 2.24) is 14.7 Å². The lowest BCUT2D eigenvalue weighted by molar-refractivity contribution is -0.118. The minimum Gasteiger partial charge on any atom is -0.369 e. The van der Waals surface area contributed by atoms with Crippen molar-refractivity contribution < 1.29 is 4.79 Å². The molecule has 5 nitrogen and oxygen atoms in total. The Kier molecular flexibility index (Phi) is 4.43. The Bertz CT molecular complexity index is 660. The summed E-state index contributed by atoms with van der Waals surface area (Å²) < 4.78 is 1.97. The first-order valence-corrected chi connectivity index (χ1v) is 6.98. The molecule has 21 heavy (non-hydrogen) atoms. The van der Waals surface area contributed by atoms with E-state index < -0.39 is 0 Å². The zero-order valence-corrected chi connectivity index (χ0v) is 13.1. The number of primary amides is 1. The van der Waals surface area contributed by atoms with E-state index in [-0.39, 0.29) is 12.5 Å². The van der Waals surface area contributed by atoms with Crippen LogP contribution in [-0.2, 0) is 11.3 Å². The van der Waals surface area contributed by atoms with Gasteiger partial charge in [-0.05, 0) is 39.4 Å². The van der Waals surface area contributed by atoms with Crippen LogP contribution in [0.4, 0.5) is 0 Å². The van der Waals surface area contributed by atoms with E-state index in [9.17, 15) is 4.79 Å². The van der Waals surface area contributed by atoms with E-state index in [2.05, 4.69) is 31.1 Å². The van der Waals surface area contributed by atoms with Crippen LogP contribution in [0.15, 0.2) is 24.3 Å². The van der Waals surface area contributed by atoms with Gasteiger partial charge in [0.1, 0.15) is 0 Å². The summed E-state index contributed by atoms with van der Waals surface area (Å²) in [4.78, 5) is 12.9. The van der Waals surface area contributed by atoms with Crippen molar-refractivity contribution >= 4 is 5.91 Å². The number of nitrogens with two attached hydrogens (primary N) is 1. The van der Waals surface area contributed by atoms with Crippen LogP contribution < -0.4 is 5.73 Å². The van der Waals surface area contributed by atoms with Gasteiger partial charge in [0.2, 0.25) is 5.91 Å². The molecule has 0 aliphatic heterocycles. The molecule has 0 aliphatic rings. The van der Waals surface area contributed by atoms with E-state index in [4.69, 9.17) is 5.73 Å². The highest BCUT2D eigenvalue weighted by Gasteiger charge is 2.15. The molecule has 0 radical (unpaired) electrons. The molecule has 2 N–H and O–H groups in total. The molecular formula is C16H22N4O. The maximum atomic E-state index is 11.0. The van der Waals surface area contributed by atoms with Gasteiger partial charge in [-0.15, -0.1) is 0 Å². The normalized spacial score (nSPS) is 11.1. The zero-order chi connectivity index (χ0) is 15.6. The standard InChI is InChI=1S/C16H22N4O/c1-11-7-5-6-8-15(11)20-13(3)14(12(2)18-20)9-19(4)10-16(17)21/h5-8H,9-10H2,1-4H3,(H2,17,21). The summed E-state index contributed by atoms with van der Waals surface area (Å²) in [7, 11) is 1.88. The van der Waals surface area contributed by atoms with Gasteiger partial charge in [0.25, 0.3) is 0 Å². The second-order valence-corrected chi connectivity index (χ2v) is 5.49. The Hall–Kier alpha value is -2.14. The van der Waals surface area contributed by atoms with Crippen LogP contribution in [0, 0.1) is 20.8 Å².